The molecule has 0 radical (unpaired) electrons. The molecule has 0 aliphatic carbocycles. The van der Waals surface area contributed by atoms with Crippen LogP contribution in [0.15, 0.2) is 53.3 Å². The summed E-state index contributed by atoms with van der Waals surface area (Å²) >= 11 is 0. The van der Waals surface area contributed by atoms with E-state index >= 15 is 0 Å². The normalized spacial score (nSPS) is 20.6. The van der Waals surface area contributed by atoms with Gasteiger partial charge >= 0.3 is 0 Å². The first kappa shape index (κ1) is 15.1. The lowest BCUT2D eigenvalue weighted by Gasteiger charge is -2.23. The SMILES string of the molecule is CC1(c2ccc(-c3cc4ccc(F)cc4c(=O)[nH]3)cc2)CCCO1. The van der Waals surface area contributed by atoms with Crippen LogP contribution >= 0.6 is 0 Å². The molecule has 0 amide bonds. The van der Waals surface area contributed by atoms with E-state index in [4.69, 9.17) is 4.74 Å². The van der Waals surface area contributed by atoms with E-state index in [-0.39, 0.29) is 11.2 Å². The van der Waals surface area contributed by atoms with Crippen LogP contribution in [0, 0.1) is 5.82 Å². The monoisotopic (exact) mass is 323 g/mol. The van der Waals surface area contributed by atoms with E-state index in [1.807, 2.05) is 30.3 Å². The van der Waals surface area contributed by atoms with Crippen LogP contribution in [-0.4, -0.2) is 11.6 Å². The summed E-state index contributed by atoms with van der Waals surface area (Å²) in [5, 5.41) is 1.09. The first-order chi connectivity index (χ1) is 11.5. The van der Waals surface area contributed by atoms with Crippen molar-refractivity contribution in [1.82, 2.24) is 4.98 Å². The van der Waals surface area contributed by atoms with Crippen molar-refractivity contribution < 1.29 is 9.13 Å². The van der Waals surface area contributed by atoms with Crippen molar-refractivity contribution >= 4 is 10.8 Å². The molecule has 2 aromatic carbocycles. The van der Waals surface area contributed by atoms with Gasteiger partial charge < -0.3 is 9.72 Å². The van der Waals surface area contributed by atoms with Gasteiger partial charge in [-0.1, -0.05) is 30.3 Å². The highest BCUT2D eigenvalue weighted by Crippen LogP contribution is 2.36. The molecule has 0 bridgehead atoms. The van der Waals surface area contributed by atoms with Crippen LogP contribution in [0.5, 0.6) is 0 Å². The Bertz CT molecular complexity index is 954. The van der Waals surface area contributed by atoms with Crippen molar-refractivity contribution in [2.45, 2.75) is 25.4 Å². The summed E-state index contributed by atoms with van der Waals surface area (Å²) in [7, 11) is 0. The maximum Gasteiger partial charge on any atom is 0.256 e. The standard InChI is InChI=1S/C20H18FNO2/c1-20(9-2-10-24-20)15-6-3-13(4-7-15)18-11-14-5-8-16(21)12-17(14)19(23)22-18/h3-8,11-12H,2,9-10H2,1H3,(H,22,23). The Kier molecular flexibility index (Phi) is 3.50. The molecule has 1 N–H and O–H groups in total. The third kappa shape index (κ3) is 2.53. The van der Waals surface area contributed by atoms with Crippen LogP contribution in [0.4, 0.5) is 4.39 Å². The largest absolute Gasteiger partial charge is 0.371 e. The zero-order valence-corrected chi connectivity index (χ0v) is 13.4. The van der Waals surface area contributed by atoms with Crippen molar-refractivity contribution in [3.8, 4) is 11.3 Å². The lowest BCUT2D eigenvalue weighted by atomic mass is 9.92. The Balaban J connectivity index is 1.75. The molecule has 1 fully saturated rings. The Morgan fingerprint density at radius 2 is 1.92 bits per heavy atom. The third-order valence-electron chi connectivity index (χ3n) is 4.83. The summed E-state index contributed by atoms with van der Waals surface area (Å²) in [5.41, 5.74) is 2.30. The highest BCUT2D eigenvalue weighted by atomic mass is 19.1. The number of pyridine rings is 1. The van der Waals surface area contributed by atoms with Gasteiger partial charge in [-0.25, -0.2) is 4.39 Å². The van der Waals surface area contributed by atoms with Gasteiger partial charge in [0.1, 0.15) is 5.82 Å². The number of nitrogens with one attached hydrogen (secondary N) is 1. The zero-order valence-electron chi connectivity index (χ0n) is 13.4. The number of ether oxygens (including phenoxy) is 1. The topological polar surface area (TPSA) is 42.1 Å². The minimum absolute atomic E-state index is 0.215. The van der Waals surface area contributed by atoms with Crippen LogP contribution in [0.3, 0.4) is 0 Å². The lowest BCUT2D eigenvalue weighted by molar-refractivity contribution is 0.0168. The summed E-state index contributed by atoms with van der Waals surface area (Å²) in [6, 6.07) is 14.2. The van der Waals surface area contributed by atoms with Crippen molar-refractivity contribution in [3.05, 3.63) is 70.3 Å². The molecule has 1 saturated heterocycles. The zero-order chi connectivity index (χ0) is 16.7. The molecule has 122 valence electrons. The minimum atomic E-state index is -0.407. The van der Waals surface area contributed by atoms with Crippen LogP contribution in [0.1, 0.15) is 25.3 Å². The maximum atomic E-state index is 13.3. The smallest absolute Gasteiger partial charge is 0.256 e. The van der Waals surface area contributed by atoms with Crippen molar-refractivity contribution in [1.29, 1.82) is 0 Å². The second kappa shape index (κ2) is 5.56. The van der Waals surface area contributed by atoms with Gasteiger partial charge in [-0.3, -0.25) is 4.79 Å². The van der Waals surface area contributed by atoms with Gasteiger partial charge in [-0.05, 0) is 54.5 Å². The number of hydrogen-bond donors (Lipinski definition) is 1. The third-order valence-corrected chi connectivity index (χ3v) is 4.83. The van der Waals surface area contributed by atoms with Crippen LogP contribution in [-0.2, 0) is 10.3 Å². The van der Waals surface area contributed by atoms with Crippen LogP contribution in [0.2, 0.25) is 0 Å². The number of aromatic nitrogens is 1. The van der Waals surface area contributed by atoms with E-state index in [1.54, 1.807) is 6.07 Å². The second-order valence-corrected chi connectivity index (χ2v) is 6.50. The Hall–Kier alpha value is -2.46. The van der Waals surface area contributed by atoms with Gasteiger partial charge in [-0.2, -0.15) is 0 Å². The van der Waals surface area contributed by atoms with E-state index in [2.05, 4.69) is 11.9 Å². The van der Waals surface area contributed by atoms with Gasteiger partial charge in [0.15, 0.2) is 0 Å². The Morgan fingerprint density at radius 3 is 2.62 bits per heavy atom. The quantitative estimate of drug-likeness (QED) is 0.761. The highest BCUT2D eigenvalue weighted by molar-refractivity contribution is 5.85. The van der Waals surface area contributed by atoms with Gasteiger partial charge in [-0.15, -0.1) is 0 Å². The number of hydrogen-bond acceptors (Lipinski definition) is 2. The molecule has 0 saturated carbocycles. The molecule has 24 heavy (non-hydrogen) atoms. The second-order valence-electron chi connectivity index (χ2n) is 6.50. The van der Waals surface area contributed by atoms with Crippen molar-refractivity contribution in [2.24, 2.45) is 0 Å². The fourth-order valence-electron chi connectivity index (χ4n) is 3.40. The summed E-state index contributed by atoms with van der Waals surface area (Å²) in [6.07, 6.45) is 2.09. The van der Waals surface area contributed by atoms with Crippen molar-refractivity contribution in [3.63, 3.8) is 0 Å². The molecule has 1 aromatic heterocycles. The van der Waals surface area contributed by atoms with Crippen LogP contribution < -0.4 is 5.56 Å². The summed E-state index contributed by atoms with van der Waals surface area (Å²) in [6.45, 7) is 2.91. The van der Waals surface area contributed by atoms with E-state index in [1.165, 1.54) is 12.1 Å². The molecule has 2 heterocycles. The summed E-state index contributed by atoms with van der Waals surface area (Å²) < 4.78 is 19.2. The predicted octanol–water partition coefficient (Wildman–Crippen LogP) is 4.36. The molecule has 1 atom stereocenters. The van der Waals surface area contributed by atoms with E-state index < -0.39 is 5.82 Å². The molecular weight excluding hydrogens is 305 g/mol. The fourth-order valence-corrected chi connectivity index (χ4v) is 3.40. The van der Waals surface area contributed by atoms with Gasteiger partial charge in [0.2, 0.25) is 0 Å². The minimum Gasteiger partial charge on any atom is -0.371 e. The van der Waals surface area contributed by atoms with Crippen molar-refractivity contribution in [2.75, 3.05) is 6.61 Å². The van der Waals surface area contributed by atoms with Crippen LogP contribution in [0.25, 0.3) is 22.0 Å². The maximum absolute atomic E-state index is 13.3. The molecule has 3 aromatic rings. The first-order valence-electron chi connectivity index (χ1n) is 8.13. The molecule has 1 unspecified atom stereocenters. The number of benzene rings is 2. The lowest BCUT2D eigenvalue weighted by Crippen LogP contribution is -2.19. The molecule has 4 heteroatoms. The number of H-pyrrole nitrogens is 1. The summed E-state index contributed by atoms with van der Waals surface area (Å²) in [4.78, 5) is 15.0. The first-order valence-corrected chi connectivity index (χ1v) is 8.13. The number of rotatable bonds is 2. The molecular formula is C20H18FNO2. The van der Waals surface area contributed by atoms with Gasteiger partial charge in [0.25, 0.3) is 5.56 Å². The number of halogens is 1. The molecule has 0 spiro atoms. The number of aromatic amines is 1. The van der Waals surface area contributed by atoms with E-state index in [0.717, 1.165) is 41.7 Å². The molecule has 3 nitrogen and oxygen atoms in total. The van der Waals surface area contributed by atoms with E-state index in [9.17, 15) is 9.18 Å². The van der Waals surface area contributed by atoms with Gasteiger partial charge in [0.05, 0.1) is 5.60 Å². The average Bonchev–Trinajstić information content (AvgIpc) is 3.03. The molecule has 1 aliphatic rings. The summed E-state index contributed by atoms with van der Waals surface area (Å²) in [5.74, 6) is -0.407. The Labute approximate surface area is 139 Å². The highest BCUT2D eigenvalue weighted by Gasteiger charge is 2.31. The molecule has 1 aliphatic heterocycles. The molecule has 4 rings (SSSR count). The van der Waals surface area contributed by atoms with Gasteiger partial charge in [0, 0.05) is 17.7 Å². The average molecular weight is 323 g/mol. The predicted molar refractivity (Wildman–Crippen MR) is 92.5 cm³/mol. The Morgan fingerprint density at radius 1 is 1.12 bits per heavy atom. The fraction of sp³-hybridized carbons (Fsp3) is 0.250. The number of fused-ring (bicyclic) bond motifs is 1. The van der Waals surface area contributed by atoms with E-state index in [0.29, 0.717) is 5.39 Å².